The monoisotopic (exact) mass is 261 g/mol. The molecule has 4 heteroatoms. The molecule has 0 saturated carbocycles. The molecule has 0 aromatic heterocycles. The van der Waals surface area contributed by atoms with Crippen LogP contribution >= 0.6 is 15.9 Å². The molecule has 0 aliphatic rings. The van der Waals surface area contributed by atoms with Crippen molar-refractivity contribution in [2.24, 2.45) is 0 Å². The van der Waals surface area contributed by atoms with E-state index in [0.717, 1.165) is 4.47 Å². The number of hydrogen-bond donors (Lipinski definition) is 2. The van der Waals surface area contributed by atoms with Gasteiger partial charge in [0.05, 0.1) is 6.61 Å². The predicted octanol–water partition coefficient (Wildman–Crippen LogP) is 1.71. The number of hydrogen-bond acceptors (Lipinski definition) is 2. The third-order valence-electron chi connectivity index (χ3n) is 1.87. The highest BCUT2D eigenvalue weighted by molar-refractivity contribution is 9.10. The molecule has 0 unspecified atom stereocenters. The van der Waals surface area contributed by atoms with E-state index < -0.39 is 0 Å². The van der Waals surface area contributed by atoms with Gasteiger partial charge in [-0.2, -0.15) is 0 Å². The first-order valence-electron chi connectivity index (χ1n) is 4.49. The van der Waals surface area contributed by atoms with Gasteiger partial charge in [0.25, 0.3) is 0 Å². The van der Waals surface area contributed by atoms with Gasteiger partial charge in [-0.05, 0) is 36.7 Å². The van der Waals surface area contributed by atoms with Gasteiger partial charge in [0.2, 0.25) is 0 Å². The largest absolute Gasteiger partial charge is 0.395 e. The first kappa shape index (κ1) is 11.6. The Morgan fingerprint density at radius 2 is 2.14 bits per heavy atom. The molecule has 0 atom stereocenters. The summed E-state index contributed by atoms with van der Waals surface area (Å²) in [7, 11) is 0. The summed E-state index contributed by atoms with van der Waals surface area (Å²) >= 11 is 3.29. The molecule has 0 heterocycles. The van der Waals surface area contributed by atoms with Crippen molar-refractivity contribution >= 4 is 15.9 Å². The quantitative estimate of drug-likeness (QED) is 0.792. The van der Waals surface area contributed by atoms with Crippen LogP contribution in [0.3, 0.4) is 0 Å². The maximum absolute atomic E-state index is 13.2. The molecule has 0 amide bonds. The molecule has 0 bridgehead atoms. The van der Waals surface area contributed by atoms with Gasteiger partial charge in [0, 0.05) is 11.0 Å². The summed E-state index contributed by atoms with van der Waals surface area (Å²) in [5, 5.41) is 11.5. The van der Waals surface area contributed by atoms with Gasteiger partial charge < -0.3 is 10.4 Å². The number of aliphatic hydroxyl groups is 1. The summed E-state index contributed by atoms with van der Waals surface area (Å²) < 4.78 is 14.1. The smallest absolute Gasteiger partial charge is 0.126 e. The lowest BCUT2D eigenvalue weighted by Crippen LogP contribution is -2.21. The second-order valence-electron chi connectivity index (χ2n) is 2.96. The van der Waals surface area contributed by atoms with Crippen molar-refractivity contribution in [1.29, 1.82) is 0 Å². The van der Waals surface area contributed by atoms with E-state index in [1.807, 2.05) is 0 Å². The molecule has 0 aliphatic carbocycles. The Morgan fingerprint density at radius 3 is 2.86 bits per heavy atom. The van der Waals surface area contributed by atoms with Crippen molar-refractivity contribution in [3.05, 3.63) is 34.1 Å². The zero-order valence-electron chi connectivity index (χ0n) is 7.76. The molecule has 2 nitrogen and oxygen atoms in total. The Balaban J connectivity index is 2.45. The van der Waals surface area contributed by atoms with Crippen molar-refractivity contribution in [3.8, 4) is 0 Å². The Bertz CT molecular complexity index is 293. The lowest BCUT2D eigenvalue weighted by molar-refractivity contribution is 0.292. The van der Waals surface area contributed by atoms with E-state index in [1.54, 1.807) is 12.1 Å². The average Bonchev–Trinajstić information content (AvgIpc) is 2.18. The highest BCUT2D eigenvalue weighted by Crippen LogP contribution is 2.15. The molecule has 0 radical (unpaired) electrons. The van der Waals surface area contributed by atoms with Crippen LogP contribution in [0.2, 0.25) is 0 Å². The van der Waals surface area contributed by atoms with Crippen molar-refractivity contribution in [2.75, 3.05) is 19.7 Å². The molecule has 1 aromatic rings. The third-order valence-corrected chi connectivity index (χ3v) is 2.36. The first-order chi connectivity index (χ1) is 6.74. The Labute approximate surface area is 91.3 Å². The minimum Gasteiger partial charge on any atom is -0.395 e. The van der Waals surface area contributed by atoms with E-state index in [-0.39, 0.29) is 12.4 Å². The van der Waals surface area contributed by atoms with E-state index in [2.05, 4.69) is 21.2 Å². The topological polar surface area (TPSA) is 32.3 Å². The average molecular weight is 262 g/mol. The van der Waals surface area contributed by atoms with Gasteiger partial charge in [-0.3, -0.25) is 0 Å². The minimum absolute atomic E-state index is 0.112. The van der Waals surface area contributed by atoms with E-state index in [0.29, 0.717) is 25.1 Å². The van der Waals surface area contributed by atoms with Crippen LogP contribution in [-0.2, 0) is 6.42 Å². The molecular formula is C10H13BrFNO. The van der Waals surface area contributed by atoms with E-state index >= 15 is 0 Å². The number of halogens is 2. The fourth-order valence-corrected chi connectivity index (χ4v) is 1.57. The van der Waals surface area contributed by atoms with Crippen LogP contribution in [0.5, 0.6) is 0 Å². The zero-order chi connectivity index (χ0) is 10.4. The third kappa shape index (κ3) is 3.74. The van der Waals surface area contributed by atoms with Crippen LogP contribution in [0.4, 0.5) is 4.39 Å². The van der Waals surface area contributed by atoms with Crippen molar-refractivity contribution in [1.82, 2.24) is 5.32 Å². The van der Waals surface area contributed by atoms with Crippen LogP contribution in [0.25, 0.3) is 0 Å². The summed E-state index contributed by atoms with van der Waals surface area (Å²) in [5.74, 6) is -0.181. The maximum Gasteiger partial charge on any atom is 0.126 e. The van der Waals surface area contributed by atoms with Crippen LogP contribution in [0, 0.1) is 5.82 Å². The van der Waals surface area contributed by atoms with Gasteiger partial charge in [0.15, 0.2) is 0 Å². The summed E-state index contributed by atoms with van der Waals surface area (Å²) in [6.45, 7) is 1.34. The van der Waals surface area contributed by atoms with Gasteiger partial charge >= 0.3 is 0 Å². The molecule has 14 heavy (non-hydrogen) atoms. The summed E-state index contributed by atoms with van der Waals surface area (Å²) in [5.41, 5.74) is 0.685. The Morgan fingerprint density at radius 1 is 1.36 bits per heavy atom. The summed E-state index contributed by atoms with van der Waals surface area (Å²) in [6.07, 6.45) is 0.630. The fourth-order valence-electron chi connectivity index (χ4n) is 1.16. The molecule has 1 aromatic carbocycles. The molecule has 1 rings (SSSR count). The SMILES string of the molecule is OCCNCCc1cc(Br)ccc1F. The molecular weight excluding hydrogens is 249 g/mol. The summed E-state index contributed by atoms with van der Waals surface area (Å²) in [6, 6.07) is 4.90. The Kier molecular flexibility index (Phi) is 5.07. The number of benzene rings is 1. The minimum atomic E-state index is -0.181. The standard InChI is InChI=1S/C10H13BrFNO/c11-9-1-2-10(12)8(7-9)3-4-13-5-6-14/h1-2,7,13-14H,3-6H2. The molecule has 0 aliphatic heterocycles. The number of nitrogens with one attached hydrogen (secondary N) is 1. The second kappa shape index (κ2) is 6.11. The van der Waals surface area contributed by atoms with Gasteiger partial charge in [-0.15, -0.1) is 0 Å². The molecule has 0 saturated heterocycles. The maximum atomic E-state index is 13.2. The molecule has 2 N–H and O–H groups in total. The van der Waals surface area contributed by atoms with E-state index in [9.17, 15) is 4.39 Å². The Hall–Kier alpha value is -0.450. The molecule has 0 spiro atoms. The van der Waals surface area contributed by atoms with Crippen molar-refractivity contribution in [3.63, 3.8) is 0 Å². The van der Waals surface area contributed by atoms with Crippen molar-refractivity contribution < 1.29 is 9.50 Å². The summed E-state index contributed by atoms with van der Waals surface area (Å²) in [4.78, 5) is 0. The van der Waals surface area contributed by atoms with Gasteiger partial charge in [0.1, 0.15) is 5.82 Å². The van der Waals surface area contributed by atoms with Gasteiger partial charge in [-0.1, -0.05) is 15.9 Å². The first-order valence-corrected chi connectivity index (χ1v) is 5.29. The van der Waals surface area contributed by atoms with Crippen LogP contribution < -0.4 is 5.32 Å². The highest BCUT2D eigenvalue weighted by Gasteiger charge is 2.01. The zero-order valence-corrected chi connectivity index (χ0v) is 9.35. The van der Waals surface area contributed by atoms with E-state index in [4.69, 9.17) is 5.11 Å². The van der Waals surface area contributed by atoms with E-state index in [1.165, 1.54) is 6.07 Å². The lowest BCUT2D eigenvalue weighted by Gasteiger charge is -2.04. The van der Waals surface area contributed by atoms with Crippen LogP contribution in [-0.4, -0.2) is 24.8 Å². The molecule has 78 valence electrons. The second-order valence-corrected chi connectivity index (χ2v) is 3.88. The van der Waals surface area contributed by atoms with Crippen molar-refractivity contribution in [2.45, 2.75) is 6.42 Å². The number of rotatable bonds is 5. The number of aliphatic hydroxyl groups excluding tert-OH is 1. The van der Waals surface area contributed by atoms with Crippen LogP contribution in [0.15, 0.2) is 22.7 Å². The predicted molar refractivity (Wildman–Crippen MR) is 57.8 cm³/mol. The lowest BCUT2D eigenvalue weighted by atomic mass is 10.1. The fraction of sp³-hybridized carbons (Fsp3) is 0.400. The normalized spacial score (nSPS) is 10.5. The van der Waals surface area contributed by atoms with Gasteiger partial charge in [-0.25, -0.2) is 4.39 Å². The molecule has 0 fully saturated rings. The van der Waals surface area contributed by atoms with Crippen LogP contribution in [0.1, 0.15) is 5.56 Å². The highest BCUT2D eigenvalue weighted by atomic mass is 79.9.